The van der Waals surface area contributed by atoms with Gasteiger partial charge < -0.3 is 5.73 Å². The van der Waals surface area contributed by atoms with Crippen LogP contribution in [0.2, 0.25) is 0 Å². The van der Waals surface area contributed by atoms with Crippen molar-refractivity contribution in [3.63, 3.8) is 0 Å². The first-order chi connectivity index (χ1) is 7.08. The van der Waals surface area contributed by atoms with E-state index in [9.17, 15) is 9.18 Å². The third-order valence-corrected chi connectivity index (χ3v) is 2.74. The molecule has 0 atom stereocenters. The smallest absolute Gasteiger partial charge is 0.241 e. The van der Waals surface area contributed by atoms with Gasteiger partial charge in [-0.05, 0) is 54.2 Å². The van der Waals surface area contributed by atoms with Crippen molar-refractivity contribution in [3.8, 4) is 0 Å². The largest absolute Gasteiger partial charge is 0.366 e. The average molecular weight is 205 g/mol. The molecule has 15 heavy (non-hydrogen) atoms. The minimum atomic E-state index is -0.472. The maximum atomic E-state index is 13.2. The molecule has 1 aromatic carbocycles. The maximum Gasteiger partial charge on any atom is 0.241 e. The van der Waals surface area contributed by atoms with Gasteiger partial charge in [-0.2, -0.15) is 0 Å². The number of primary amides is 1. The van der Waals surface area contributed by atoms with Gasteiger partial charge in [-0.1, -0.05) is 0 Å². The number of allylic oxidation sites excluding steroid dienone is 1. The molecule has 78 valence electrons. The van der Waals surface area contributed by atoms with Gasteiger partial charge in [0.25, 0.3) is 0 Å². The Kier molecular flexibility index (Phi) is 2.31. The highest BCUT2D eigenvalue weighted by Gasteiger charge is 2.19. The number of halogens is 1. The Bertz CT molecular complexity index is 463. The molecule has 3 heteroatoms. The van der Waals surface area contributed by atoms with Crippen molar-refractivity contribution in [3.05, 3.63) is 40.7 Å². The van der Waals surface area contributed by atoms with Crippen LogP contribution in [0.3, 0.4) is 0 Å². The van der Waals surface area contributed by atoms with Crippen LogP contribution < -0.4 is 5.73 Å². The van der Waals surface area contributed by atoms with E-state index in [1.165, 1.54) is 18.2 Å². The van der Waals surface area contributed by atoms with Crippen LogP contribution in [0.5, 0.6) is 0 Å². The van der Waals surface area contributed by atoms with Crippen LogP contribution >= 0.6 is 0 Å². The molecule has 0 aromatic heterocycles. The molecular formula is C12H12FNO. The molecular weight excluding hydrogens is 193 g/mol. The van der Waals surface area contributed by atoms with Crippen LogP contribution in [0.15, 0.2) is 18.2 Å². The van der Waals surface area contributed by atoms with Gasteiger partial charge in [-0.25, -0.2) is 4.39 Å². The zero-order valence-corrected chi connectivity index (χ0v) is 8.51. The molecule has 1 aliphatic rings. The third-order valence-electron chi connectivity index (χ3n) is 2.74. The van der Waals surface area contributed by atoms with Crippen LogP contribution in [-0.2, 0) is 11.2 Å². The normalized spacial score (nSPS) is 16.8. The van der Waals surface area contributed by atoms with Crippen LogP contribution in [-0.4, -0.2) is 5.91 Å². The SMILES string of the molecule is Cc1cc(F)cc2c1CC/C2=C/C(N)=O. The van der Waals surface area contributed by atoms with Crippen LogP contribution in [0.1, 0.15) is 23.1 Å². The molecule has 2 N–H and O–H groups in total. The standard InChI is InChI=1S/C12H12FNO/c1-7-4-9(13)6-11-8(5-12(14)15)2-3-10(7)11/h4-6H,2-3H2,1H3,(H2,14,15)/b8-5-. The Balaban J connectivity index is 2.55. The molecule has 0 unspecified atom stereocenters. The number of carbonyl (C=O) groups is 1. The summed E-state index contributed by atoms with van der Waals surface area (Å²) < 4.78 is 13.2. The van der Waals surface area contributed by atoms with E-state index in [0.29, 0.717) is 0 Å². The summed E-state index contributed by atoms with van der Waals surface area (Å²) in [4.78, 5) is 10.8. The number of rotatable bonds is 1. The Morgan fingerprint density at radius 3 is 2.87 bits per heavy atom. The average Bonchev–Trinajstić information content (AvgIpc) is 2.48. The van der Waals surface area contributed by atoms with Crippen LogP contribution in [0.25, 0.3) is 5.57 Å². The molecule has 0 bridgehead atoms. The van der Waals surface area contributed by atoms with E-state index in [0.717, 1.165) is 35.1 Å². The summed E-state index contributed by atoms with van der Waals surface area (Å²) in [7, 11) is 0. The lowest BCUT2D eigenvalue weighted by Crippen LogP contribution is -2.06. The summed E-state index contributed by atoms with van der Waals surface area (Å²) in [6.45, 7) is 1.88. The van der Waals surface area contributed by atoms with Gasteiger partial charge in [-0.3, -0.25) is 4.79 Å². The lowest BCUT2D eigenvalue weighted by atomic mass is 10.0. The molecule has 2 rings (SSSR count). The summed E-state index contributed by atoms with van der Waals surface area (Å²) in [6.07, 6.45) is 3.02. The van der Waals surface area contributed by atoms with Crippen molar-refractivity contribution in [2.24, 2.45) is 5.73 Å². The first-order valence-electron chi connectivity index (χ1n) is 4.87. The Labute approximate surface area is 87.6 Å². The molecule has 0 saturated carbocycles. The van der Waals surface area contributed by atoms with Gasteiger partial charge in [0.05, 0.1) is 0 Å². The summed E-state index contributed by atoms with van der Waals surface area (Å²) in [6, 6.07) is 3.00. The fourth-order valence-corrected chi connectivity index (χ4v) is 2.11. The van der Waals surface area contributed by atoms with E-state index in [2.05, 4.69) is 0 Å². The number of aryl methyl sites for hydroxylation is 1. The van der Waals surface area contributed by atoms with Gasteiger partial charge in [0.2, 0.25) is 5.91 Å². The molecule has 1 amide bonds. The van der Waals surface area contributed by atoms with Crippen molar-refractivity contribution < 1.29 is 9.18 Å². The number of carbonyl (C=O) groups excluding carboxylic acids is 1. The molecule has 0 saturated heterocycles. The molecule has 0 heterocycles. The highest BCUT2D eigenvalue weighted by molar-refractivity contribution is 5.95. The summed E-state index contributed by atoms with van der Waals surface area (Å²) >= 11 is 0. The number of benzene rings is 1. The van der Waals surface area contributed by atoms with E-state index in [-0.39, 0.29) is 5.82 Å². The van der Waals surface area contributed by atoms with E-state index in [4.69, 9.17) is 5.73 Å². The zero-order valence-electron chi connectivity index (χ0n) is 8.51. The number of hydrogen-bond donors (Lipinski definition) is 1. The third kappa shape index (κ3) is 1.77. The first kappa shape index (κ1) is 9.90. The number of fused-ring (bicyclic) bond motifs is 1. The molecule has 2 nitrogen and oxygen atoms in total. The summed E-state index contributed by atoms with van der Waals surface area (Å²) in [5, 5.41) is 0. The molecule has 1 aromatic rings. The second-order valence-corrected chi connectivity index (χ2v) is 3.82. The van der Waals surface area contributed by atoms with Gasteiger partial charge >= 0.3 is 0 Å². The van der Waals surface area contributed by atoms with Crippen molar-refractivity contribution in [1.29, 1.82) is 0 Å². The van der Waals surface area contributed by atoms with Crippen molar-refractivity contribution in [1.82, 2.24) is 0 Å². The lowest BCUT2D eigenvalue weighted by Gasteiger charge is -2.04. The topological polar surface area (TPSA) is 43.1 Å². The van der Waals surface area contributed by atoms with Gasteiger partial charge in [-0.15, -0.1) is 0 Å². The van der Waals surface area contributed by atoms with E-state index in [1.807, 2.05) is 6.92 Å². The van der Waals surface area contributed by atoms with Gasteiger partial charge in [0, 0.05) is 6.08 Å². The summed E-state index contributed by atoms with van der Waals surface area (Å²) in [5.74, 6) is -0.733. The van der Waals surface area contributed by atoms with E-state index < -0.39 is 5.91 Å². The van der Waals surface area contributed by atoms with Crippen LogP contribution in [0, 0.1) is 12.7 Å². The predicted molar refractivity (Wildman–Crippen MR) is 56.6 cm³/mol. The summed E-state index contributed by atoms with van der Waals surface area (Å²) in [5.41, 5.74) is 8.85. The monoisotopic (exact) mass is 205 g/mol. The van der Waals surface area contributed by atoms with E-state index in [1.54, 1.807) is 0 Å². The van der Waals surface area contributed by atoms with E-state index >= 15 is 0 Å². The van der Waals surface area contributed by atoms with Crippen LogP contribution in [0.4, 0.5) is 4.39 Å². The highest BCUT2D eigenvalue weighted by Crippen LogP contribution is 2.34. The Morgan fingerprint density at radius 1 is 1.47 bits per heavy atom. The number of amides is 1. The van der Waals surface area contributed by atoms with Gasteiger partial charge in [0.15, 0.2) is 0 Å². The zero-order chi connectivity index (χ0) is 11.0. The number of hydrogen-bond acceptors (Lipinski definition) is 1. The minimum absolute atomic E-state index is 0.261. The Morgan fingerprint density at radius 2 is 2.20 bits per heavy atom. The second kappa shape index (κ2) is 3.50. The fraction of sp³-hybridized carbons (Fsp3) is 0.250. The fourth-order valence-electron chi connectivity index (χ4n) is 2.11. The second-order valence-electron chi connectivity index (χ2n) is 3.82. The van der Waals surface area contributed by atoms with Crippen molar-refractivity contribution >= 4 is 11.5 Å². The van der Waals surface area contributed by atoms with Gasteiger partial charge in [0.1, 0.15) is 5.82 Å². The van der Waals surface area contributed by atoms with Crippen molar-refractivity contribution in [2.75, 3.05) is 0 Å². The molecule has 0 fully saturated rings. The molecule has 0 spiro atoms. The molecule has 0 aliphatic heterocycles. The molecule has 0 radical (unpaired) electrons. The first-order valence-corrected chi connectivity index (χ1v) is 4.87. The lowest BCUT2D eigenvalue weighted by molar-refractivity contribution is -0.113. The predicted octanol–water partition coefficient (Wildman–Crippen LogP) is 1.95. The molecule has 1 aliphatic carbocycles. The minimum Gasteiger partial charge on any atom is -0.366 e. The number of nitrogens with two attached hydrogens (primary N) is 1. The Hall–Kier alpha value is -1.64. The highest BCUT2D eigenvalue weighted by atomic mass is 19.1. The quantitative estimate of drug-likeness (QED) is 0.699. The maximum absolute atomic E-state index is 13.2. The van der Waals surface area contributed by atoms with Crippen molar-refractivity contribution in [2.45, 2.75) is 19.8 Å².